The Bertz CT molecular complexity index is 226. The van der Waals surface area contributed by atoms with E-state index in [0.717, 1.165) is 12.3 Å². The normalized spacial score (nSPS) is 17.2. The zero-order valence-corrected chi connectivity index (χ0v) is 8.29. The van der Waals surface area contributed by atoms with Crippen LogP contribution in [0.5, 0.6) is 0 Å². The second kappa shape index (κ2) is 4.83. The minimum Gasteiger partial charge on any atom is -0.437 e. The monoisotopic (exact) mass is 200 g/mol. The fourth-order valence-electron chi connectivity index (χ4n) is 1.18. The van der Waals surface area contributed by atoms with Crippen LogP contribution in [0.15, 0.2) is 0 Å². The summed E-state index contributed by atoms with van der Waals surface area (Å²) in [5, 5.41) is 2.69. The molecule has 0 aromatic rings. The van der Waals surface area contributed by atoms with Crippen LogP contribution < -0.4 is 11.1 Å². The van der Waals surface area contributed by atoms with Gasteiger partial charge >= 0.3 is 6.09 Å². The lowest BCUT2D eigenvalue weighted by Gasteiger charge is -2.11. The Morgan fingerprint density at radius 1 is 1.57 bits per heavy atom. The zero-order chi connectivity index (χ0) is 10.6. The Morgan fingerprint density at radius 3 is 2.71 bits per heavy atom. The molecule has 5 heteroatoms. The number of hydrogen-bond acceptors (Lipinski definition) is 3. The van der Waals surface area contributed by atoms with E-state index in [1.54, 1.807) is 0 Å². The minimum absolute atomic E-state index is 0.288. The van der Waals surface area contributed by atoms with E-state index >= 15 is 0 Å². The van der Waals surface area contributed by atoms with Crippen molar-refractivity contribution in [3.05, 3.63) is 0 Å². The SMILES string of the molecule is CC(OC(N)=O)C(=O)NCCC1CC1. The first-order valence-electron chi connectivity index (χ1n) is 4.83. The van der Waals surface area contributed by atoms with E-state index in [-0.39, 0.29) is 5.91 Å². The molecular formula is C9H16N2O3. The van der Waals surface area contributed by atoms with E-state index in [0.29, 0.717) is 6.54 Å². The van der Waals surface area contributed by atoms with E-state index in [9.17, 15) is 9.59 Å². The first-order chi connectivity index (χ1) is 6.59. The summed E-state index contributed by atoms with van der Waals surface area (Å²) in [6.07, 6.45) is 1.82. The molecule has 0 heterocycles. The van der Waals surface area contributed by atoms with Crippen LogP contribution in [0.1, 0.15) is 26.2 Å². The van der Waals surface area contributed by atoms with Gasteiger partial charge in [-0.15, -0.1) is 0 Å². The maximum Gasteiger partial charge on any atom is 0.405 e. The molecule has 3 N–H and O–H groups in total. The Morgan fingerprint density at radius 2 is 2.21 bits per heavy atom. The Balaban J connectivity index is 2.08. The van der Waals surface area contributed by atoms with Gasteiger partial charge in [0.25, 0.3) is 5.91 Å². The maximum absolute atomic E-state index is 11.2. The van der Waals surface area contributed by atoms with Gasteiger partial charge in [0.15, 0.2) is 6.10 Å². The minimum atomic E-state index is -0.921. The van der Waals surface area contributed by atoms with Crippen molar-refractivity contribution in [3.8, 4) is 0 Å². The van der Waals surface area contributed by atoms with Crippen LogP contribution in [-0.4, -0.2) is 24.6 Å². The standard InChI is InChI=1S/C9H16N2O3/c1-6(14-9(10)13)8(12)11-5-4-7-2-3-7/h6-7H,2-5H2,1H3,(H2,10,13)(H,11,12). The molecule has 5 nitrogen and oxygen atoms in total. The van der Waals surface area contributed by atoms with Crippen molar-refractivity contribution < 1.29 is 14.3 Å². The first-order valence-corrected chi connectivity index (χ1v) is 4.83. The molecule has 80 valence electrons. The number of primary amides is 1. The lowest BCUT2D eigenvalue weighted by molar-refractivity contribution is -0.128. The lowest BCUT2D eigenvalue weighted by atomic mass is 10.3. The van der Waals surface area contributed by atoms with E-state index in [4.69, 9.17) is 5.73 Å². The molecule has 1 atom stereocenters. The smallest absolute Gasteiger partial charge is 0.405 e. The molecule has 2 amide bonds. The number of amides is 2. The molecule has 14 heavy (non-hydrogen) atoms. The van der Waals surface area contributed by atoms with Crippen LogP contribution in [-0.2, 0) is 9.53 Å². The summed E-state index contributed by atoms with van der Waals surface area (Å²) in [6, 6.07) is 0. The molecule has 0 bridgehead atoms. The molecule has 0 aromatic carbocycles. The molecule has 1 unspecified atom stereocenters. The van der Waals surface area contributed by atoms with Crippen LogP contribution in [0, 0.1) is 5.92 Å². The lowest BCUT2D eigenvalue weighted by Crippen LogP contribution is -2.37. The Hall–Kier alpha value is -1.26. The van der Waals surface area contributed by atoms with Crippen LogP contribution in [0.25, 0.3) is 0 Å². The predicted octanol–water partition coefficient (Wildman–Crippen LogP) is 0.386. The van der Waals surface area contributed by atoms with Crippen molar-refractivity contribution in [1.82, 2.24) is 5.32 Å². The Kier molecular flexibility index (Phi) is 3.73. The highest BCUT2D eigenvalue weighted by atomic mass is 16.6. The highest BCUT2D eigenvalue weighted by Crippen LogP contribution is 2.31. The van der Waals surface area contributed by atoms with Crippen molar-refractivity contribution in [2.45, 2.75) is 32.3 Å². The fraction of sp³-hybridized carbons (Fsp3) is 0.778. The van der Waals surface area contributed by atoms with Gasteiger partial charge < -0.3 is 15.8 Å². The van der Waals surface area contributed by atoms with Gasteiger partial charge in [-0.1, -0.05) is 12.8 Å². The summed E-state index contributed by atoms with van der Waals surface area (Å²) >= 11 is 0. The van der Waals surface area contributed by atoms with Gasteiger partial charge in [-0.05, 0) is 19.3 Å². The molecular weight excluding hydrogens is 184 g/mol. The van der Waals surface area contributed by atoms with Crippen molar-refractivity contribution in [2.75, 3.05) is 6.54 Å². The van der Waals surface area contributed by atoms with Gasteiger partial charge in [0.1, 0.15) is 0 Å². The number of rotatable bonds is 5. The van der Waals surface area contributed by atoms with Crippen molar-refractivity contribution in [2.24, 2.45) is 11.7 Å². The molecule has 1 rings (SSSR count). The number of carbonyl (C=O) groups excluding carboxylic acids is 2. The quantitative estimate of drug-likeness (QED) is 0.673. The third-order valence-electron chi connectivity index (χ3n) is 2.21. The van der Waals surface area contributed by atoms with Crippen LogP contribution in [0.3, 0.4) is 0 Å². The summed E-state index contributed by atoms with van der Waals surface area (Å²) < 4.78 is 4.51. The van der Waals surface area contributed by atoms with Crippen molar-refractivity contribution >= 4 is 12.0 Å². The molecule has 1 saturated carbocycles. The van der Waals surface area contributed by atoms with E-state index in [1.165, 1.54) is 19.8 Å². The highest BCUT2D eigenvalue weighted by molar-refractivity contribution is 5.82. The second-order valence-corrected chi connectivity index (χ2v) is 3.60. The maximum atomic E-state index is 11.2. The number of hydrogen-bond donors (Lipinski definition) is 2. The largest absolute Gasteiger partial charge is 0.437 e. The number of carbonyl (C=O) groups is 2. The van der Waals surface area contributed by atoms with E-state index in [2.05, 4.69) is 10.1 Å². The average molecular weight is 200 g/mol. The molecule has 0 saturated heterocycles. The summed E-state index contributed by atoms with van der Waals surface area (Å²) in [4.78, 5) is 21.6. The topological polar surface area (TPSA) is 81.4 Å². The van der Waals surface area contributed by atoms with Crippen LogP contribution in [0.2, 0.25) is 0 Å². The summed E-state index contributed by atoms with van der Waals surface area (Å²) in [5.41, 5.74) is 4.78. The van der Waals surface area contributed by atoms with Gasteiger partial charge in [-0.3, -0.25) is 4.79 Å². The summed E-state index contributed by atoms with van der Waals surface area (Å²) in [7, 11) is 0. The van der Waals surface area contributed by atoms with Crippen molar-refractivity contribution in [1.29, 1.82) is 0 Å². The average Bonchev–Trinajstić information content (AvgIpc) is 2.86. The summed E-state index contributed by atoms with van der Waals surface area (Å²) in [6.45, 7) is 2.15. The molecule has 1 aliphatic carbocycles. The molecule has 1 aliphatic rings. The third-order valence-corrected chi connectivity index (χ3v) is 2.21. The first kappa shape index (κ1) is 10.8. The van der Waals surface area contributed by atoms with Crippen LogP contribution >= 0.6 is 0 Å². The van der Waals surface area contributed by atoms with Gasteiger partial charge in [-0.2, -0.15) is 0 Å². The molecule has 1 fully saturated rings. The van der Waals surface area contributed by atoms with E-state index in [1.807, 2.05) is 0 Å². The number of nitrogens with two attached hydrogens (primary N) is 1. The van der Waals surface area contributed by atoms with Gasteiger partial charge in [0, 0.05) is 6.54 Å². The summed E-state index contributed by atoms with van der Waals surface area (Å²) in [5.74, 6) is 0.493. The molecule has 0 aromatic heterocycles. The van der Waals surface area contributed by atoms with Crippen LogP contribution in [0.4, 0.5) is 4.79 Å². The second-order valence-electron chi connectivity index (χ2n) is 3.60. The molecule has 0 aliphatic heterocycles. The molecule has 0 radical (unpaired) electrons. The molecule has 0 spiro atoms. The van der Waals surface area contributed by atoms with Gasteiger partial charge in [-0.25, -0.2) is 4.79 Å². The van der Waals surface area contributed by atoms with Gasteiger partial charge in [0.2, 0.25) is 0 Å². The number of nitrogens with one attached hydrogen (secondary N) is 1. The predicted molar refractivity (Wildman–Crippen MR) is 50.5 cm³/mol. The fourth-order valence-corrected chi connectivity index (χ4v) is 1.18. The number of ether oxygens (including phenoxy) is 1. The highest BCUT2D eigenvalue weighted by Gasteiger charge is 2.21. The Labute approximate surface area is 83.0 Å². The third kappa shape index (κ3) is 4.11. The van der Waals surface area contributed by atoms with Crippen molar-refractivity contribution in [3.63, 3.8) is 0 Å². The zero-order valence-electron chi connectivity index (χ0n) is 8.29. The van der Waals surface area contributed by atoms with Gasteiger partial charge in [0.05, 0.1) is 0 Å². The van der Waals surface area contributed by atoms with E-state index < -0.39 is 12.2 Å².